The number of rotatable bonds is 4. The number of hydrogen-bond acceptors (Lipinski definition) is 2. The summed E-state index contributed by atoms with van der Waals surface area (Å²) in [6.45, 7) is 0. The first kappa shape index (κ1) is 13.3. The van der Waals surface area contributed by atoms with Crippen molar-refractivity contribution >= 4 is 38.5 Å². The molecule has 0 radical (unpaired) electrons. The van der Waals surface area contributed by atoms with Gasteiger partial charge in [-0.3, -0.25) is 4.55 Å². The van der Waals surface area contributed by atoms with Gasteiger partial charge in [-0.15, -0.1) is 12.4 Å². The van der Waals surface area contributed by atoms with Gasteiger partial charge in [0.1, 0.15) is 0 Å². The maximum atomic E-state index is 10.0. The SMILES string of the molecule is Cl.O=S(=O)(O)CCCCBr. The van der Waals surface area contributed by atoms with E-state index in [4.69, 9.17) is 4.55 Å². The summed E-state index contributed by atoms with van der Waals surface area (Å²) in [5.41, 5.74) is 0. The molecule has 0 aromatic rings. The Morgan fingerprint density at radius 1 is 1.30 bits per heavy atom. The first-order valence-electron chi connectivity index (χ1n) is 2.57. The molecule has 0 amide bonds. The number of unbranched alkanes of at least 4 members (excludes halogenated alkanes) is 1. The van der Waals surface area contributed by atoms with Crippen molar-refractivity contribution in [2.24, 2.45) is 0 Å². The third-order valence-corrected chi connectivity index (χ3v) is 2.15. The normalized spacial score (nSPS) is 10.6. The van der Waals surface area contributed by atoms with Gasteiger partial charge in [-0.25, -0.2) is 0 Å². The minimum absolute atomic E-state index is 0. The average Bonchev–Trinajstić information content (AvgIpc) is 1.63. The Morgan fingerprint density at radius 3 is 2.10 bits per heavy atom. The molecule has 0 atom stereocenters. The lowest BCUT2D eigenvalue weighted by molar-refractivity contribution is 0.481. The van der Waals surface area contributed by atoms with Crippen molar-refractivity contribution in [1.82, 2.24) is 0 Å². The zero-order chi connectivity index (χ0) is 7.33. The van der Waals surface area contributed by atoms with Crippen molar-refractivity contribution in [3.8, 4) is 0 Å². The van der Waals surface area contributed by atoms with Crippen molar-refractivity contribution in [2.75, 3.05) is 11.1 Å². The fourth-order valence-electron chi connectivity index (χ4n) is 0.379. The van der Waals surface area contributed by atoms with Crippen LogP contribution in [0.4, 0.5) is 0 Å². The van der Waals surface area contributed by atoms with Crippen LogP contribution in [-0.4, -0.2) is 24.1 Å². The molecule has 0 bridgehead atoms. The molecule has 6 heteroatoms. The fraction of sp³-hybridized carbons (Fsp3) is 1.00. The van der Waals surface area contributed by atoms with Crippen LogP contribution in [-0.2, 0) is 10.1 Å². The van der Waals surface area contributed by atoms with Crippen LogP contribution in [0.15, 0.2) is 0 Å². The largest absolute Gasteiger partial charge is 0.286 e. The van der Waals surface area contributed by atoms with Crippen molar-refractivity contribution < 1.29 is 13.0 Å². The lowest BCUT2D eigenvalue weighted by Gasteiger charge is -1.92. The molecule has 0 aliphatic rings. The molecule has 0 fully saturated rings. The van der Waals surface area contributed by atoms with Gasteiger partial charge in [0.25, 0.3) is 10.1 Å². The van der Waals surface area contributed by atoms with E-state index in [-0.39, 0.29) is 18.2 Å². The smallest absolute Gasteiger partial charge is 0.264 e. The summed E-state index contributed by atoms with van der Waals surface area (Å²) in [5, 5.41) is 0.780. The highest BCUT2D eigenvalue weighted by Crippen LogP contribution is 1.96. The highest BCUT2D eigenvalue weighted by atomic mass is 79.9. The second kappa shape index (κ2) is 6.39. The van der Waals surface area contributed by atoms with Crippen LogP contribution in [0.25, 0.3) is 0 Å². The fourth-order valence-corrected chi connectivity index (χ4v) is 1.34. The summed E-state index contributed by atoms with van der Waals surface area (Å²) in [6, 6.07) is 0. The van der Waals surface area contributed by atoms with Crippen LogP contribution in [0.3, 0.4) is 0 Å². The molecular formula is C4H10BrClO3S. The molecule has 0 saturated carbocycles. The van der Waals surface area contributed by atoms with Crippen LogP contribution >= 0.6 is 28.3 Å². The first-order valence-corrected chi connectivity index (χ1v) is 5.30. The number of halogens is 2. The lowest BCUT2D eigenvalue weighted by Crippen LogP contribution is -2.03. The Labute approximate surface area is 75.5 Å². The topological polar surface area (TPSA) is 54.4 Å². The molecular weight excluding hydrogens is 243 g/mol. The van der Waals surface area contributed by atoms with Gasteiger partial charge in [-0.1, -0.05) is 15.9 Å². The molecule has 0 aliphatic carbocycles. The van der Waals surface area contributed by atoms with E-state index < -0.39 is 10.1 Å². The van der Waals surface area contributed by atoms with E-state index in [0.29, 0.717) is 6.42 Å². The molecule has 0 spiro atoms. The summed E-state index contributed by atoms with van der Waals surface area (Å²) in [4.78, 5) is 0. The second-order valence-electron chi connectivity index (χ2n) is 1.68. The van der Waals surface area contributed by atoms with Gasteiger partial charge >= 0.3 is 0 Å². The van der Waals surface area contributed by atoms with Gasteiger partial charge < -0.3 is 0 Å². The minimum Gasteiger partial charge on any atom is -0.286 e. The maximum Gasteiger partial charge on any atom is 0.264 e. The molecule has 1 N–H and O–H groups in total. The lowest BCUT2D eigenvalue weighted by atomic mass is 10.4. The van der Waals surface area contributed by atoms with E-state index in [2.05, 4.69) is 15.9 Å². The molecule has 0 aliphatic heterocycles. The van der Waals surface area contributed by atoms with E-state index in [1.807, 2.05) is 0 Å². The van der Waals surface area contributed by atoms with Gasteiger partial charge in [0, 0.05) is 5.33 Å². The van der Waals surface area contributed by atoms with Crippen LogP contribution < -0.4 is 0 Å². The molecule has 0 aromatic carbocycles. The summed E-state index contributed by atoms with van der Waals surface area (Å²) >= 11 is 3.14. The number of hydrogen-bond donors (Lipinski definition) is 1. The molecule has 0 rings (SSSR count). The Bertz CT molecular complexity index is 156. The van der Waals surface area contributed by atoms with Crippen LogP contribution in [0, 0.1) is 0 Å². The van der Waals surface area contributed by atoms with Crippen LogP contribution in [0.5, 0.6) is 0 Å². The molecule has 0 heterocycles. The first-order chi connectivity index (χ1) is 4.06. The molecule has 0 saturated heterocycles. The highest BCUT2D eigenvalue weighted by Gasteiger charge is 2.01. The van der Waals surface area contributed by atoms with Gasteiger partial charge in [0.05, 0.1) is 5.75 Å². The molecule has 64 valence electrons. The average molecular weight is 254 g/mol. The summed E-state index contributed by atoms with van der Waals surface area (Å²) in [5.74, 6) is -0.126. The molecule has 0 aromatic heterocycles. The van der Waals surface area contributed by atoms with E-state index in [1.54, 1.807) is 0 Å². The molecule has 0 unspecified atom stereocenters. The Balaban J connectivity index is 0. The van der Waals surface area contributed by atoms with Crippen molar-refractivity contribution in [3.05, 3.63) is 0 Å². The number of alkyl halides is 1. The van der Waals surface area contributed by atoms with Crippen molar-refractivity contribution in [1.29, 1.82) is 0 Å². The minimum atomic E-state index is -3.72. The van der Waals surface area contributed by atoms with Crippen molar-refractivity contribution in [2.45, 2.75) is 12.8 Å². The van der Waals surface area contributed by atoms with E-state index in [0.717, 1.165) is 11.8 Å². The zero-order valence-electron chi connectivity index (χ0n) is 5.29. The third-order valence-electron chi connectivity index (χ3n) is 0.786. The Kier molecular flexibility index (Phi) is 8.49. The van der Waals surface area contributed by atoms with Crippen LogP contribution in [0.1, 0.15) is 12.8 Å². The summed E-state index contributed by atoms with van der Waals surface area (Å²) in [6.07, 6.45) is 1.30. The standard InChI is InChI=1S/C4H9BrO3S.ClH/c5-3-1-2-4-9(6,7)8;/h1-4H2,(H,6,7,8);1H. The Morgan fingerprint density at radius 2 is 1.80 bits per heavy atom. The van der Waals surface area contributed by atoms with Crippen LogP contribution in [0.2, 0.25) is 0 Å². The summed E-state index contributed by atoms with van der Waals surface area (Å²) in [7, 11) is -3.72. The highest BCUT2D eigenvalue weighted by molar-refractivity contribution is 9.09. The third kappa shape index (κ3) is 11.5. The zero-order valence-corrected chi connectivity index (χ0v) is 8.51. The predicted octanol–water partition coefficient (Wildman–Crippen LogP) is 1.47. The molecule has 3 nitrogen and oxygen atoms in total. The maximum absolute atomic E-state index is 10.0. The quantitative estimate of drug-likeness (QED) is 0.469. The van der Waals surface area contributed by atoms with Crippen molar-refractivity contribution in [3.63, 3.8) is 0 Å². The van der Waals surface area contributed by atoms with Gasteiger partial charge in [-0.2, -0.15) is 8.42 Å². The van der Waals surface area contributed by atoms with Gasteiger partial charge in [0.15, 0.2) is 0 Å². The molecule has 10 heavy (non-hydrogen) atoms. The van der Waals surface area contributed by atoms with Gasteiger partial charge in [0.2, 0.25) is 0 Å². The predicted molar refractivity (Wildman–Crippen MR) is 46.7 cm³/mol. The van der Waals surface area contributed by atoms with Gasteiger partial charge in [-0.05, 0) is 12.8 Å². The van der Waals surface area contributed by atoms with E-state index >= 15 is 0 Å². The van der Waals surface area contributed by atoms with E-state index in [9.17, 15) is 8.42 Å². The van der Waals surface area contributed by atoms with E-state index in [1.165, 1.54) is 0 Å². The Hall–Kier alpha value is 0.680. The summed E-state index contributed by atoms with van der Waals surface area (Å²) < 4.78 is 28.3. The second-order valence-corrected chi connectivity index (χ2v) is 4.05. The monoisotopic (exact) mass is 252 g/mol.